The lowest BCUT2D eigenvalue weighted by atomic mass is 10.0. The van der Waals surface area contributed by atoms with Crippen molar-refractivity contribution in [2.45, 2.75) is 64.8 Å². The highest BCUT2D eigenvalue weighted by Crippen LogP contribution is 2.34. The first-order valence-electron chi connectivity index (χ1n) is 14.8. The molecule has 0 saturated heterocycles. The Balaban J connectivity index is 1.38. The molecule has 0 bridgehead atoms. The van der Waals surface area contributed by atoms with Crippen molar-refractivity contribution in [1.82, 2.24) is 20.3 Å². The summed E-state index contributed by atoms with van der Waals surface area (Å²) in [6.07, 6.45) is 6.10. The third kappa shape index (κ3) is 6.88. The molecular weight excluding hydrogens is 544 g/mol. The first-order valence-corrected chi connectivity index (χ1v) is 14.8. The number of fused-ring (bicyclic) bond motifs is 2. The third-order valence-corrected chi connectivity index (χ3v) is 7.81. The second-order valence-electron chi connectivity index (χ2n) is 10.7. The van der Waals surface area contributed by atoms with Crippen molar-refractivity contribution >= 4 is 33.5 Å². The van der Waals surface area contributed by atoms with Gasteiger partial charge in [-0.2, -0.15) is 0 Å². The number of benzene rings is 2. The normalized spacial score (nSPS) is 12.0. The highest BCUT2D eigenvalue weighted by atomic mass is 16.5. The number of ketones is 1. The zero-order chi connectivity index (χ0) is 30.3. The summed E-state index contributed by atoms with van der Waals surface area (Å²) in [6.45, 7) is 3.86. The van der Waals surface area contributed by atoms with Crippen molar-refractivity contribution in [1.29, 1.82) is 0 Å². The van der Waals surface area contributed by atoms with E-state index in [1.807, 2.05) is 62.4 Å². The fraction of sp³-hybridized carbons (Fsp3) is 0.353. The lowest BCUT2D eigenvalue weighted by Crippen LogP contribution is -2.30. The molecule has 2 aromatic carbocycles. The molecule has 5 aromatic rings. The number of ether oxygens (including phenoxy) is 2. The molecule has 3 aromatic heterocycles. The molecule has 1 atom stereocenters. The molecule has 2 N–H and O–H groups in total. The van der Waals surface area contributed by atoms with Crippen molar-refractivity contribution < 1.29 is 23.5 Å². The van der Waals surface area contributed by atoms with E-state index in [0.29, 0.717) is 42.4 Å². The standard InChI is InChI=1S/C34H38N4O5/c1-5-23(39)12-7-6-8-14-30(37-32(40)19-25-21(2)36-29-16-15-24(41-3)18-26(25)29)34-35-20-31(43-34)27-17-22-11-9-10-13-28(22)38-33(27)42-4/h9-11,13,15-18,20,30,36H,5-8,12,14,19H2,1-4H3,(H,37,40)/t30-/m0/s1. The summed E-state index contributed by atoms with van der Waals surface area (Å²) in [5, 5.41) is 5.08. The number of amides is 1. The maximum atomic E-state index is 13.5. The number of aromatic nitrogens is 3. The number of pyridine rings is 1. The molecular formula is C34H38N4O5. The molecule has 0 aliphatic heterocycles. The molecule has 5 rings (SSSR count). The molecule has 43 heavy (non-hydrogen) atoms. The number of aryl methyl sites for hydroxylation is 1. The summed E-state index contributed by atoms with van der Waals surface area (Å²) >= 11 is 0. The number of nitrogens with one attached hydrogen (secondary N) is 2. The van der Waals surface area contributed by atoms with Gasteiger partial charge in [-0.3, -0.25) is 9.59 Å². The SMILES string of the molecule is CCC(=O)CCCCC[C@H](NC(=O)Cc1c(C)[nH]c2ccc(OC)cc12)c1ncc(-c2cc3ccccc3nc2OC)o1. The molecule has 0 aliphatic rings. The van der Waals surface area contributed by atoms with Crippen LogP contribution in [0.25, 0.3) is 33.1 Å². The van der Waals surface area contributed by atoms with Crippen LogP contribution in [0.5, 0.6) is 11.6 Å². The number of aromatic amines is 1. The summed E-state index contributed by atoms with van der Waals surface area (Å²) in [5.41, 5.74) is 4.31. The highest BCUT2D eigenvalue weighted by molar-refractivity contribution is 5.91. The van der Waals surface area contributed by atoms with Gasteiger partial charge in [-0.15, -0.1) is 0 Å². The van der Waals surface area contributed by atoms with Gasteiger partial charge in [0.05, 0.1) is 37.9 Å². The summed E-state index contributed by atoms with van der Waals surface area (Å²) in [7, 11) is 3.20. The van der Waals surface area contributed by atoms with E-state index in [1.165, 1.54) is 0 Å². The van der Waals surface area contributed by atoms with Gasteiger partial charge >= 0.3 is 0 Å². The number of carbonyl (C=O) groups is 2. The van der Waals surface area contributed by atoms with Gasteiger partial charge in [-0.1, -0.05) is 38.0 Å². The second-order valence-corrected chi connectivity index (χ2v) is 10.7. The molecule has 0 unspecified atom stereocenters. The Morgan fingerprint density at radius 2 is 1.88 bits per heavy atom. The molecule has 0 spiro atoms. The molecule has 1 amide bonds. The summed E-state index contributed by atoms with van der Waals surface area (Å²) in [5.74, 6) is 2.23. The van der Waals surface area contributed by atoms with Crippen LogP contribution in [-0.4, -0.2) is 40.9 Å². The minimum absolute atomic E-state index is 0.136. The average molecular weight is 583 g/mol. The zero-order valence-electron chi connectivity index (χ0n) is 25.2. The van der Waals surface area contributed by atoms with Gasteiger partial charge in [0.2, 0.25) is 17.7 Å². The maximum absolute atomic E-state index is 13.5. The quantitative estimate of drug-likeness (QED) is 0.135. The van der Waals surface area contributed by atoms with E-state index in [4.69, 9.17) is 13.9 Å². The Labute approximate surface area is 251 Å². The summed E-state index contributed by atoms with van der Waals surface area (Å²) in [6, 6.07) is 15.1. The van der Waals surface area contributed by atoms with E-state index in [1.54, 1.807) is 20.4 Å². The number of unbranched alkanes of at least 4 members (excludes halogenated alkanes) is 2. The minimum atomic E-state index is -0.442. The van der Waals surface area contributed by atoms with Crippen LogP contribution >= 0.6 is 0 Å². The Bertz CT molecular complexity index is 1740. The molecule has 0 aliphatic carbocycles. The number of Topliss-reactive ketones (excluding diaryl/α,β-unsaturated/α-hetero) is 1. The second kappa shape index (κ2) is 13.5. The number of carbonyl (C=O) groups excluding carboxylic acids is 2. The van der Waals surface area contributed by atoms with Crippen molar-refractivity contribution in [3.05, 3.63) is 71.9 Å². The number of H-pyrrole nitrogens is 1. The molecule has 0 fully saturated rings. The third-order valence-electron chi connectivity index (χ3n) is 7.81. The van der Waals surface area contributed by atoms with Crippen molar-refractivity contribution in [3.8, 4) is 23.0 Å². The van der Waals surface area contributed by atoms with Crippen LogP contribution in [-0.2, 0) is 16.0 Å². The molecule has 0 radical (unpaired) electrons. The van der Waals surface area contributed by atoms with Crippen LogP contribution in [0, 0.1) is 6.92 Å². The number of nitrogens with zero attached hydrogens (tertiary/aromatic N) is 2. The molecule has 3 heterocycles. The number of oxazole rings is 1. The smallest absolute Gasteiger partial charge is 0.225 e. The first kappa shape index (κ1) is 29.8. The van der Waals surface area contributed by atoms with E-state index >= 15 is 0 Å². The number of hydrogen-bond donors (Lipinski definition) is 2. The fourth-order valence-corrected chi connectivity index (χ4v) is 5.41. The van der Waals surface area contributed by atoms with E-state index in [9.17, 15) is 9.59 Å². The number of para-hydroxylation sites is 1. The van der Waals surface area contributed by atoms with Crippen LogP contribution in [0.15, 0.2) is 59.1 Å². The van der Waals surface area contributed by atoms with Gasteiger partial charge in [-0.25, -0.2) is 9.97 Å². The van der Waals surface area contributed by atoms with Crippen molar-refractivity contribution in [2.24, 2.45) is 0 Å². The Hall–Kier alpha value is -4.66. The van der Waals surface area contributed by atoms with E-state index < -0.39 is 6.04 Å². The number of methoxy groups -OCH3 is 2. The lowest BCUT2D eigenvalue weighted by molar-refractivity contribution is -0.121. The Morgan fingerprint density at radius 3 is 2.67 bits per heavy atom. The lowest BCUT2D eigenvalue weighted by Gasteiger charge is -2.16. The Kier molecular flexibility index (Phi) is 9.39. The average Bonchev–Trinajstić information content (AvgIpc) is 3.63. The van der Waals surface area contributed by atoms with Crippen molar-refractivity contribution in [2.75, 3.05) is 14.2 Å². The Morgan fingerprint density at radius 1 is 1.05 bits per heavy atom. The molecule has 0 saturated carbocycles. The van der Waals surface area contributed by atoms with Crippen LogP contribution < -0.4 is 14.8 Å². The molecule has 9 nitrogen and oxygen atoms in total. The number of rotatable bonds is 14. The van der Waals surface area contributed by atoms with Crippen LogP contribution in [0.4, 0.5) is 0 Å². The first-order chi connectivity index (χ1) is 20.9. The summed E-state index contributed by atoms with van der Waals surface area (Å²) in [4.78, 5) is 37.8. The van der Waals surface area contributed by atoms with Crippen molar-refractivity contribution in [3.63, 3.8) is 0 Å². The topological polar surface area (TPSA) is 119 Å². The highest BCUT2D eigenvalue weighted by Gasteiger charge is 2.23. The van der Waals surface area contributed by atoms with E-state index in [-0.39, 0.29) is 18.1 Å². The van der Waals surface area contributed by atoms with Gasteiger partial charge in [0.25, 0.3) is 0 Å². The van der Waals surface area contributed by atoms with Gasteiger partial charge in [0, 0.05) is 34.8 Å². The van der Waals surface area contributed by atoms with Gasteiger partial charge in [-0.05, 0) is 55.7 Å². The fourth-order valence-electron chi connectivity index (χ4n) is 5.41. The van der Waals surface area contributed by atoms with E-state index in [2.05, 4.69) is 20.3 Å². The molecule has 9 heteroatoms. The van der Waals surface area contributed by atoms with Gasteiger partial charge in [0.15, 0.2) is 5.76 Å². The monoisotopic (exact) mass is 582 g/mol. The van der Waals surface area contributed by atoms with Gasteiger partial charge < -0.3 is 24.2 Å². The van der Waals surface area contributed by atoms with Gasteiger partial charge in [0.1, 0.15) is 17.6 Å². The van der Waals surface area contributed by atoms with E-state index in [0.717, 1.165) is 58.1 Å². The van der Waals surface area contributed by atoms with Crippen LogP contribution in [0.1, 0.15) is 68.6 Å². The summed E-state index contributed by atoms with van der Waals surface area (Å²) < 4.78 is 17.3. The molecule has 224 valence electrons. The largest absolute Gasteiger partial charge is 0.497 e. The number of hydrogen-bond acceptors (Lipinski definition) is 7. The van der Waals surface area contributed by atoms with Crippen LogP contribution in [0.2, 0.25) is 0 Å². The zero-order valence-corrected chi connectivity index (χ0v) is 25.2. The van der Waals surface area contributed by atoms with Crippen LogP contribution in [0.3, 0.4) is 0 Å². The predicted octanol–water partition coefficient (Wildman–Crippen LogP) is 7.03. The predicted molar refractivity (Wildman–Crippen MR) is 166 cm³/mol. The minimum Gasteiger partial charge on any atom is -0.497 e. The maximum Gasteiger partial charge on any atom is 0.225 e.